The quantitative estimate of drug-likeness (QED) is 0.587. The zero-order valence-electron chi connectivity index (χ0n) is 11.0. The second kappa shape index (κ2) is 5.10. The van der Waals surface area contributed by atoms with Crippen LogP contribution in [-0.4, -0.2) is 21.0 Å². The number of amides is 1. The number of primary amides is 1. The number of fused-ring (bicyclic) bond motifs is 1. The molecule has 0 saturated carbocycles. The Hall–Kier alpha value is -2.54. The molecule has 6 nitrogen and oxygen atoms in total. The fourth-order valence-electron chi connectivity index (χ4n) is 2.26. The molecule has 1 amide bonds. The number of nitrogens with two attached hydrogens (primary N) is 2. The van der Waals surface area contributed by atoms with Crippen LogP contribution in [0.15, 0.2) is 23.6 Å². The number of anilines is 1. The number of hydrogen-bond acceptors (Lipinski definition) is 5. The largest absolute Gasteiger partial charge is 0.508 e. The Bertz CT molecular complexity index is 822. The van der Waals surface area contributed by atoms with Gasteiger partial charge in [-0.2, -0.15) is 0 Å². The number of carbonyl (C=O) groups is 1. The van der Waals surface area contributed by atoms with Crippen LogP contribution in [0, 0.1) is 6.42 Å². The number of nitrogens with zero attached hydrogens (tertiary/aromatic N) is 1. The maximum absolute atomic E-state index is 11.6. The molecule has 7 heteroatoms. The monoisotopic (exact) mass is 301 g/mol. The summed E-state index contributed by atoms with van der Waals surface area (Å²) in [5, 5.41) is 12.7. The van der Waals surface area contributed by atoms with Gasteiger partial charge in [0.2, 0.25) is 0 Å². The maximum Gasteiger partial charge on any atom is 0.265 e. The summed E-state index contributed by atoms with van der Waals surface area (Å²) in [6.45, 7) is 0. The number of phenols is 1. The van der Waals surface area contributed by atoms with E-state index >= 15 is 0 Å². The van der Waals surface area contributed by atoms with E-state index in [9.17, 15) is 9.90 Å². The predicted molar refractivity (Wildman–Crippen MR) is 82.1 cm³/mol. The average Bonchev–Trinajstić information content (AvgIpc) is 3.00. The molecule has 1 radical (unpaired) electrons. The number of aromatic hydroxyl groups is 1. The summed E-state index contributed by atoms with van der Waals surface area (Å²) in [6, 6.07) is 4.87. The minimum Gasteiger partial charge on any atom is -0.508 e. The molecule has 0 fully saturated rings. The van der Waals surface area contributed by atoms with Crippen molar-refractivity contribution in [1.82, 2.24) is 9.97 Å². The number of benzene rings is 1. The summed E-state index contributed by atoms with van der Waals surface area (Å²) >= 11 is 1.35. The number of hydrogen-bond donors (Lipinski definition) is 4. The fraction of sp³-hybridized carbons (Fsp3) is 0.0714. The lowest BCUT2D eigenvalue weighted by molar-refractivity contribution is 0.0995. The van der Waals surface area contributed by atoms with Crippen LogP contribution >= 0.6 is 11.3 Å². The van der Waals surface area contributed by atoms with Gasteiger partial charge in [0.25, 0.3) is 5.91 Å². The van der Waals surface area contributed by atoms with Crippen molar-refractivity contribution in [1.29, 1.82) is 0 Å². The summed E-state index contributed by atoms with van der Waals surface area (Å²) in [5.41, 5.74) is 13.6. The van der Waals surface area contributed by atoms with E-state index in [1.165, 1.54) is 11.3 Å². The first-order valence-electron chi connectivity index (χ1n) is 6.22. The highest BCUT2D eigenvalue weighted by atomic mass is 32.1. The standard InChI is InChI=1S/C14H13N4O2S/c15-13(20)12-9(3-1-7-6-21-14(16)17-7)10-5-8(19)2-4-11(10)18-12/h1-2,4-6,18-19H,3H2,(H2,15,20)(H2,16,17). The highest BCUT2D eigenvalue weighted by Gasteiger charge is 2.16. The second-order valence-corrected chi connectivity index (χ2v) is 5.48. The Morgan fingerprint density at radius 3 is 2.95 bits per heavy atom. The predicted octanol–water partition coefficient (Wildman–Crippen LogP) is 1.81. The number of aromatic nitrogens is 2. The number of phenolic OH excluding ortho intramolecular Hbond substituents is 1. The molecule has 2 aromatic heterocycles. The lowest BCUT2D eigenvalue weighted by Gasteiger charge is -2.01. The van der Waals surface area contributed by atoms with Gasteiger partial charge in [0.05, 0.1) is 5.69 Å². The third-order valence-electron chi connectivity index (χ3n) is 3.19. The number of H-pyrrole nitrogens is 1. The van der Waals surface area contributed by atoms with Gasteiger partial charge in [0.1, 0.15) is 11.4 Å². The zero-order chi connectivity index (χ0) is 15.0. The van der Waals surface area contributed by atoms with Gasteiger partial charge in [-0.3, -0.25) is 4.79 Å². The molecule has 0 aliphatic heterocycles. The highest BCUT2D eigenvalue weighted by Crippen LogP contribution is 2.28. The van der Waals surface area contributed by atoms with Gasteiger partial charge in [0, 0.05) is 22.7 Å². The fourth-order valence-corrected chi connectivity index (χ4v) is 2.81. The van der Waals surface area contributed by atoms with Gasteiger partial charge in [-0.05, 0) is 30.2 Å². The molecule has 0 spiro atoms. The molecule has 0 aliphatic carbocycles. The number of nitrogens with one attached hydrogen (secondary N) is 1. The van der Waals surface area contributed by atoms with E-state index in [-0.39, 0.29) is 5.75 Å². The van der Waals surface area contributed by atoms with Crippen molar-refractivity contribution >= 4 is 33.3 Å². The van der Waals surface area contributed by atoms with Gasteiger partial charge in [0.15, 0.2) is 5.13 Å². The van der Waals surface area contributed by atoms with Crippen LogP contribution < -0.4 is 11.5 Å². The number of nitrogen functional groups attached to an aromatic ring is 1. The number of thiazole rings is 1. The summed E-state index contributed by atoms with van der Waals surface area (Å²) in [7, 11) is 0. The van der Waals surface area contributed by atoms with Crippen molar-refractivity contribution in [2.75, 3.05) is 5.73 Å². The third kappa shape index (κ3) is 2.55. The molecule has 0 bridgehead atoms. The van der Waals surface area contributed by atoms with Crippen LogP contribution in [0.5, 0.6) is 5.75 Å². The Balaban J connectivity index is 2.00. The van der Waals surface area contributed by atoms with E-state index in [0.717, 1.165) is 22.2 Å². The molecule has 107 valence electrons. The van der Waals surface area contributed by atoms with Crippen molar-refractivity contribution in [2.45, 2.75) is 6.42 Å². The Morgan fingerprint density at radius 1 is 1.48 bits per heavy atom. The van der Waals surface area contributed by atoms with Crippen molar-refractivity contribution in [2.24, 2.45) is 5.73 Å². The van der Waals surface area contributed by atoms with E-state index in [4.69, 9.17) is 11.5 Å². The molecule has 0 saturated heterocycles. The van der Waals surface area contributed by atoms with Gasteiger partial charge >= 0.3 is 0 Å². The summed E-state index contributed by atoms with van der Waals surface area (Å²) < 4.78 is 0. The molecule has 3 aromatic rings. The number of aromatic amines is 1. The minimum absolute atomic E-state index is 0.136. The van der Waals surface area contributed by atoms with Crippen molar-refractivity contribution in [3.8, 4) is 5.75 Å². The molecule has 0 unspecified atom stereocenters. The van der Waals surface area contributed by atoms with E-state index < -0.39 is 5.91 Å². The third-order valence-corrected chi connectivity index (χ3v) is 3.88. The maximum atomic E-state index is 11.6. The van der Waals surface area contributed by atoms with Crippen LogP contribution in [0.4, 0.5) is 5.13 Å². The second-order valence-electron chi connectivity index (χ2n) is 4.59. The molecular formula is C14H13N4O2S. The van der Waals surface area contributed by atoms with Crippen molar-refractivity contribution < 1.29 is 9.90 Å². The van der Waals surface area contributed by atoms with E-state index in [0.29, 0.717) is 17.2 Å². The Labute approximate surface area is 124 Å². The van der Waals surface area contributed by atoms with Gasteiger partial charge in [-0.25, -0.2) is 4.98 Å². The lowest BCUT2D eigenvalue weighted by atomic mass is 10.0. The normalized spacial score (nSPS) is 11.0. The van der Waals surface area contributed by atoms with Crippen LogP contribution in [0.2, 0.25) is 0 Å². The molecule has 6 N–H and O–H groups in total. The number of rotatable bonds is 4. The van der Waals surface area contributed by atoms with Crippen LogP contribution in [0.3, 0.4) is 0 Å². The highest BCUT2D eigenvalue weighted by molar-refractivity contribution is 7.13. The summed E-state index contributed by atoms with van der Waals surface area (Å²) in [5.74, 6) is -0.399. The van der Waals surface area contributed by atoms with Crippen LogP contribution in [-0.2, 0) is 6.42 Å². The van der Waals surface area contributed by atoms with Gasteiger partial charge < -0.3 is 21.6 Å². The van der Waals surface area contributed by atoms with Crippen LogP contribution in [0.25, 0.3) is 10.9 Å². The first-order valence-corrected chi connectivity index (χ1v) is 7.10. The molecular weight excluding hydrogens is 288 g/mol. The van der Waals surface area contributed by atoms with E-state index in [2.05, 4.69) is 9.97 Å². The molecule has 3 rings (SSSR count). The first kappa shape index (κ1) is 13.4. The Morgan fingerprint density at radius 2 is 2.29 bits per heavy atom. The molecule has 1 aromatic carbocycles. The van der Waals surface area contributed by atoms with Gasteiger partial charge in [-0.1, -0.05) is 0 Å². The Kier molecular flexibility index (Phi) is 3.26. The van der Waals surface area contributed by atoms with Crippen molar-refractivity contribution in [3.63, 3.8) is 0 Å². The lowest BCUT2D eigenvalue weighted by Crippen LogP contribution is -2.13. The number of carbonyl (C=O) groups excluding carboxylic acids is 1. The van der Waals surface area contributed by atoms with Crippen molar-refractivity contribution in [3.05, 3.63) is 47.0 Å². The van der Waals surface area contributed by atoms with Gasteiger partial charge in [-0.15, -0.1) is 11.3 Å². The topological polar surface area (TPSA) is 118 Å². The first-order chi connectivity index (χ1) is 10.0. The SMILES string of the molecule is NC(=O)c1[nH]c2ccc(O)cc2c1C[CH]c1csc(N)n1. The molecule has 2 heterocycles. The zero-order valence-corrected chi connectivity index (χ0v) is 11.8. The average molecular weight is 301 g/mol. The van der Waals surface area contributed by atoms with E-state index in [1.54, 1.807) is 18.2 Å². The minimum atomic E-state index is -0.535. The smallest absolute Gasteiger partial charge is 0.265 e. The molecule has 21 heavy (non-hydrogen) atoms. The summed E-state index contributed by atoms with van der Waals surface area (Å²) in [6.07, 6.45) is 2.33. The summed E-state index contributed by atoms with van der Waals surface area (Å²) in [4.78, 5) is 18.7. The molecule has 0 atom stereocenters. The van der Waals surface area contributed by atoms with Crippen LogP contribution in [0.1, 0.15) is 21.7 Å². The van der Waals surface area contributed by atoms with E-state index in [1.807, 2.05) is 11.8 Å². The molecule has 0 aliphatic rings.